The maximum atomic E-state index is 11.8. The number of benzene rings is 3. The van der Waals surface area contributed by atoms with Gasteiger partial charge in [0.1, 0.15) is 0 Å². The van der Waals surface area contributed by atoms with Crippen LogP contribution in [0.2, 0.25) is 0 Å². The number of para-hydroxylation sites is 2. The summed E-state index contributed by atoms with van der Waals surface area (Å²) in [7, 11) is 0. The highest BCUT2D eigenvalue weighted by molar-refractivity contribution is 5.96. The zero-order valence-electron chi connectivity index (χ0n) is 14.4. The van der Waals surface area contributed by atoms with Crippen molar-refractivity contribution >= 4 is 17.3 Å². The Bertz CT molecular complexity index is 867. The Morgan fingerprint density at radius 2 is 1.44 bits per heavy atom. The number of nitrogens with zero attached hydrogens (tertiary/aromatic N) is 1. The van der Waals surface area contributed by atoms with Crippen LogP contribution in [0, 0.1) is 13.8 Å². The lowest BCUT2D eigenvalue weighted by molar-refractivity contribution is 0.0697. The summed E-state index contributed by atoms with van der Waals surface area (Å²) in [5.74, 6) is -0.917. The molecule has 3 aromatic carbocycles. The largest absolute Gasteiger partial charge is 0.478 e. The van der Waals surface area contributed by atoms with E-state index in [4.69, 9.17) is 0 Å². The standard InChI is InChI=1S/C22H21NO2/c1-16-9-8-10-17(2)21(16)23(15-18-11-4-3-5-12-18)20-14-7-6-13-19(20)22(24)25/h3-14H,15H2,1-2H3,(H,24,25). The van der Waals surface area contributed by atoms with E-state index in [1.165, 1.54) is 0 Å². The number of aromatic carboxylic acids is 1. The zero-order chi connectivity index (χ0) is 17.8. The summed E-state index contributed by atoms with van der Waals surface area (Å²) in [6, 6.07) is 23.4. The van der Waals surface area contributed by atoms with Gasteiger partial charge in [-0.05, 0) is 42.7 Å². The Morgan fingerprint density at radius 3 is 2.08 bits per heavy atom. The average molecular weight is 331 g/mol. The molecule has 0 saturated carbocycles. The third kappa shape index (κ3) is 3.56. The fraction of sp³-hybridized carbons (Fsp3) is 0.136. The first kappa shape index (κ1) is 16.8. The van der Waals surface area contributed by atoms with Gasteiger partial charge in [0.25, 0.3) is 0 Å². The van der Waals surface area contributed by atoms with Gasteiger partial charge in [-0.15, -0.1) is 0 Å². The van der Waals surface area contributed by atoms with Crippen LogP contribution in [-0.2, 0) is 6.54 Å². The second-order valence-corrected chi connectivity index (χ2v) is 6.13. The lowest BCUT2D eigenvalue weighted by Gasteiger charge is -2.29. The Morgan fingerprint density at radius 1 is 0.840 bits per heavy atom. The summed E-state index contributed by atoms with van der Waals surface area (Å²) in [4.78, 5) is 13.9. The third-order valence-corrected chi connectivity index (χ3v) is 4.32. The summed E-state index contributed by atoms with van der Waals surface area (Å²) < 4.78 is 0. The molecule has 1 N–H and O–H groups in total. The molecule has 3 rings (SSSR count). The predicted octanol–water partition coefficient (Wildman–Crippen LogP) is 5.34. The van der Waals surface area contributed by atoms with Crippen LogP contribution in [0.3, 0.4) is 0 Å². The van der Waals surface area contributed by atoms with Gasteiger partial charge in [0, 0.05) is 12.2 Å². The molecule has 0 atom stereocenters. The van der Waals surface area contributed by atoms with Gasteiger partial charge in [0.05, 0.1) is 11.3 Å². The summed E-state index contributed by atoms with van der Waals surface area (Å²) >= 11 is 0. The number of anilines is 2. The van der Waals surface area contributed by atoms with Gasteiger partial charge in [-0.3, -0.25) is 0 Å². The molecule has 3 aromatic rings. The SMILES string of the molecule is Cc1cccc(C)c1N(Cc1ccccc1)c1ccccc1C(=O)O. The van der Waals surface area contributed by atoms with Crippen LogP contribution < -0.4 is 4.90 Å². The fourth-order valence-electron chi connectivity index (χ4n) is 3.17. The predicted molar refractivity (Wildman–Crippen MR) is 102 cm³/mol. The van der Waals surface area contributed by atoms with Gasteiger partial charge < -0.3 is 10.0 Å². The maximum absolute atomic E-state index is 11.8. The van der Waals surface area contributed by atoms with Crippen molar-refractivity contribution in [1.82, 2.24) is 0 Å². The van der Waals surface area contributed by atoms with E-state index in [-0.39, 0.29) is 0 Å². The summed E-state index contributed by atoms with van der Waals surface area (Å²) in [5, 5.41) is 9.64. The van der Waals surface area contributed by atoms with Crippen molar-refractivity contribution in [3.8, 4) is 0 Å². The van der Waals surface area contributed by atoms with Crippen LogP contribution in [-0.4, -0.2) is 11.1 Å². The monoisotopic (exact) mass is 331 g/mol. The van der Waals surface area contributed by atoms with Crippen molar-refractivity contribution in [1.29, 1.82) is 0 Å². The average Bonchev–Trinajstić information content (AvgIpc) is 2.61. The molecule has 0 aromatic heterocycles. The van der Waals surface area contributed by atoms with Crippen LogP contribution in [0.15, 0.2) is 72.8 Å². The van der Waals surface area contributed by atoms with Gasteiger partial charge in [-0.2, -0.15) is 0 Å². The number of carboxylic acids is 1. The molecule has 0 bridgehead atoms. The fourth-order valence-corrected chi connectivity index (χ4v) is 3.17. The van der Waals surface area contributed by atoms with Crippen LogP contribution >= 0.6 is 0 Å². The van der Waals surface area contributed by atoms with Gasteiger partial charge >= 0.3 is 5.97 Å². The van der Waals surface area contributed by atoms with Gasteiger partial charge in [0.15, 0.2) is 0 Å². The van der Waals surface area contributed by atoms with E-state index in [0.29, 0.717) is 17.8 Å². The Balaban J connectivity index is 2.18. The van der Waals surface area contributed by atoms with Crippen molar-refractivity contribution in [3.63, 3.8) is 0 Å². The summed E-state index contributed by atoms with van der Waals surface area (Å²) in [6.45, 7) is 4.73. The van der Waals surface area contributed by atoms with Gasteiger partial charge in [0.2, 0.25) is 0 Å². The smallest absolute Gasteiger partial charge is 0.337 e. The Labute approximate surface area is 148 Å². The van der Waals surface area contributed by atoms with Crippen molar-refractivity contribution < 1.29 is 9.90 Å². The molecule has 126 valence electrons. The highest BCUT2D eigenvalue weighted by Crippen LogP contribution is 2.35. The molecule has 0 amide bonds. The van der Waals surface area contributed by atoms with Crippen LogP contribution in [0.25, 0.3) is 0 Å². The highest BCUT2D eigenvalue weighted by Gasteiger charge is 2.20. The molecule has 0 aliphatic heterocycles. The Kier molecular flexibility index (Phi) is 4.85. The molecule has 0 radical (unpaired) electrons. The molecular formula is C22H21NO2. The quantitative estimate of drug-likeness (QED) is 0.686. The second-order valence-electron chi connectivity index (χ2n) is 6.13. The maximum Gasteiger partial charge on any atom is 0.337 e. The molecular weight excluding hydrogens is 310 g/mol. The molecule has 3 heteroatoms. The molecule has 0 saturated heterocycles. The number of hydrogen-bond acceptors (Lipinski definition) is 2. The van der Waals surface area contributed by atoms with Crippen LogP contribution in [0.4, 0.5) is 11.4 Å². The second kappa shape index (κ2) is 7.22. The van der Waals surface area contributed by atoms with E-state index in [0.717, 1.165) is 22.4 Å². The van der Waals surface area contributed by atoms with E-state index < -0.39 is 5.97 Å². The first-order valence-corrected chi connectivity index (χ1v) is 8.28. The lowest BCUT2D eigenvalue weighted by Crippen LogP contribution is -2.21. The molecule has 0 aliphatic rings. The topological polar surface area (TPSA) is 40.5 Å². The summed E-state index contributed by atoms with van der Waals surface area (Å²) in [5.41, 5.74) is 5.44. The van der Waals surface area contributed by atoms with Crippen molar-refractivity contribution in [2.24, 2.45) is 0 Å². The number of rotatable bonds is 5. The first-order valence-electron chi connectivity index (χ1n) is 8.28. The molecule has 3 nitrogen and oxygen atoms in total. The summed E-state index contributed by atoms with van der Waals surface area (Å²) in [6.07, 6.45) is 0. The minimum Gasteiger partial charge on any atom is -0.478 e. The van der Waals surface area contributed by atoms with Crippen molar-refractivity contribution in [2.45, 2.75) is 20.4 Å². The molecule has 0 heterocycles. The minimum atomic E-state index is -0.917. The lowest BCUT2D eigenvalue weighted by atomic mass is 10.0. The van der Waals surface area contributed by atoms with E-state index in [9.17, 15) is 9.90 Å². The van der Waals surface area contributed by atoms with Crippen LogP contribution in [0.1, 0.15) is 27.0 Å². The van der Waals surface area contributed by atoms with E-state index in [1.807, 2.05) is 36.4 Å². The zero-order valence-corrected chi connectivity index (χ0v) is 14.4. The first-order chi connectivity index (χ1) is 12.1. The highest BCUT2D eigenvalue weighted by atomic mass is 16.4. The van der Waals surface area contributed by atoms with E-state index >= 15 is 0 Å². The molecule has 25 heavy (non-hydrogen) atoms. The number of hydrogen-bond donors (Lipinski definition) is 1. The van der Waals surface area contributed by atoms with Gasteiger partial charge in [-0.25, -0.2) is 4.79 Å². The minimum absolute atomic E-state index is 0.307. The third-order valence-electron chi connectivity index (χ3n) is 4.32. The normalized spacial score (nSPS) is 10.5. The molecule has 0 fully saturated rings. The molecule has 0 unspecified atom stereocenters. The van der Waals surface area contributed by atoms with Crippen molar-refractivity contribution in [2.75, 3.05) is 4.90 Å². The number of carbonyl (C=O) groups is 1. The molecule has 0 aliphatic carbocycles. The van der Waals surface area contributed by atoms with Crippen LogP contribution in [0.5, 0.6) is 0 Å². The van der Waals surface area contributed by atoms with E-state index in [1.54, 1.807) is 12.1 Å². The molecule has 0 spiro atoms. The Hall–Kier alpha value is -3.07. The van der Waals surface area contributed by atoms with Crippen molar-refractivity contribution in [3.05, 3.63) is 95.1 Å². The number of carboxylic acid groups (broad SMARTS) is 1. The van der Waals surface area contributed by atoms with E-state index in [2.05, 4.69) is 43.0 Å². The van der Waals surface area contributed by atoms with Gasteiger partial charge in [-0.1, -0.05) is 60.7 Å². The number of aryl methyl sites for hydroxylation is 2.